The normalized spacial score (nSPS) is 12.6. The molecule has 0 aliphatic heterocycles. The van der Waals surface area contributed by atoms with Crippen molar-refractivity contribution in [3.05, 3.63) is 57.6 Å². The topological polar surface area (TPSA) is 96.0 Å². The van der Waals surface area contributed by atoms with Gasteiger partial charge in [0.1, 0.15) is 18.3 Å². The lowest BCUT2D eigenvalue weighted by molar-refractivity contribution is -0.140. The molecule has 0 spiro atoms. The summed E-state index contributed by atoms with van der Waals surface area (Å²) >= 11 is 12.7. The minimum Gasteiger partial charge on any atom is -0.495 e. The molecule has 2 aromatic carbocycles. The van der Waals surface area contributed by atoms with Gasteiger partial charge in [-0.15, -0.1) is 0 Å². The van der Waals surface area contributed by atoms with Gasteiger partial charge in [0.25, 0.3) is 0 Å². The fourth-order valence-corrected chi connectivity index (χ4v) is 4.86. The van der Waals surface area contributed by atoms with Gasteiger partial charge < -0.3 is 15.0 Å². The third-order valence-corrected chi connectivity index (χ3v) is 7.17. The maximum atomic E-state index is 13.7. The van der Waals surface area contributed by atoms with Crippen molar-refractivity contribution >= 4 is 50.7 Å². The number of sulfonamides is 1. The fourth-order valence-electron chi connectivity index (χ4n) is 3.50. The van der Waals surface area contributed by atoms with E-state index in [9.17, 15) is 18.0 Å². The van der Waals surface area contributed by atoms with E-state index in [1.165, 1.54) is 12.0 Å². The number of rotatable bonds is 9. The fraction of sp³-hybridized carbons (Fsp3) is 0.440. The summed E-state index contributed by atoms with van der Waals surface area (Å²) in [4.78, 5) is 28.0. The third kappa shape index (κ3) is 7.75. The van der Waals surface area contributed by atoms with Crippen molar-refractivity contribution in [2.24, 2.45) is 0 Å². The molecule has 0 fully saturated rings. The van der Waals surface area contributed by atoms with Crippen LogP contribution in [0.25, 0.3) is 0 Å². The molecular weight excluding hydrogens is 525 g/mol. The molecule has 11 heteroatoms. The van der Waals surface area contributed by atoms with E-state index in [2.05, 4.69) is 5.32 Å². The van der Waals surface area contributed by atoms with Crippen LogP contribution in [0.5, 0.6) is 5.75 Å². The van der Waals surface area contributed by atoms with Crippen molar-refractivity contribution in [2.45, 2.75) is 52.7 Å². The van der Waals surface area contributed by atoms with Crippen LogP contribution in [-0.4, -0.2) is 56.6 Å². The first-order chi connectivity index (χ1) is 16.5. The van der Waals surface area contributed by atoms with E-state index in [1.807, 2.05) is 20.8 Å². The van der Waals surface area contributed by atoms with Crippen LogP contribution < -0.4 is 14.4 Å². The van der Waals surface area contributed by atoms with Crippen molar-refractivity contribution in [3.63, 3.8) is 0 Å². The molecule has 2 aromatic rings. The lowest BCUT2D eigenvalue weighted by Gasteiger charge is -2.33. The zero-order valence-electron chi connectivity index (χ0n) is 21.6. The minimum absolute atomic E-state index is 0.0986. The number of carbonyl (C=O) groups excluding carboxylic acids is 2. The largest absolute Gasteiger partial charge is 0.495 e. The Bertz CT molecular complexity index is 1210. The van der Waals surface area contributed by atoms with Gasteiger partial charge in [-0.2, -0.15) is 0 Å². The number of hydrogen-bond donors (Lipinski definition) is 1. The molecule has 0 radical (unpaired) electrons. The quantitative estimate of drug-likeness (QED) is 0.492. The van der Waals surface area contributed by atoms with Gasteiger partial charge in [-0.25, -0.2) is 8.42 Å². The number of methoxy groups -OCH3 is 1. The van der Waals surface area contributed by atoms with E-state index in [4.69, 9.17) is 27.9 Å². The minimum atomic E-state index is -3.91. The molecule has 0 aromatic heterocycles. The van der Waals surface area contributed by atoms with E-state index < -0.39 is 40.0 Å². The SMILES string of the molecule is COc1ccc(C)cc1N(CC(=O)N(Cc1c(Cl)cccc1Cl)C(C)C(=O)NC(C)(C)C)S(C)(=O)=O. The number of nitrogens with zero attached hydrogens (tertiary/aromatic N) is 2. The van der Waals surface area contributed by atoms with Gasteiger partial charge in [-0.1, -0.05) is 35.3 Å². The molecule has 0 saturated carbocycles. The Morgan fingerprint density at radius 3 is 2.19 bits per heavy atom. The Balaban J connectivity index is 2.54. The first-order valence-electron chi connectivity index (χ1n) is 11.2. The lowest BCUT2D eigenvalue weighted by Crippen LogP contribution is -2.54. The summed E-state index contributed by atoms with van der Waals surface area (Å²) in [5, 5.41) is 3.51. The van der Waals surface area contributed by atoms with Crippen LogP contribution in [0.4, 0.5) is 5.69 Å². The van der Waals surface area contributed by atoms with Gasteiger partial charge in [0.05, 0.1) is 19.1 Å². The van der Waals surface area contributed by atoms with Gasteiger partial charge in [0.2, 0.25) is 21.8 Å². The smallest absolute Gasteiger partial charge is 0.244 e. The molecule has 0 heterocycles. The molecule has 2 amide bonds. The molecule has 8 nitrogen and oxygen atoms in total. The maximum absolute atomic E-state index is 13.7. The summed E-state index contributed by atoms with van der Waals surface area (Å²) in [5.41, 5.74) is 0.902. The average Bonchev–Trinajstić information content (AvgIpc) is 2.74. The second-order valence-electron chi connectivity index (χ2n) is 9.58. The van der Waals surface area contributed by atoms with E-state index in [0.29, 0.717) is 15.6 Å². The first-order valence-corrected chi connectivity index (χ1v) is 13.8. The number of hydrogen-bond acceptors (Lipinski definition) is 5. The van der Waals surface area contributed by atoms with Gasteiger partial charge in [-0.05, 0) is 64.4 Å². The van der Waals surface area contributed by atoms with Crippen molar-refractivity contribution in [3.8, 4) is 5.75 Å². The molecule has 198 valence electrons. The predicted octanol–water partition coefficient (Wildman–Crippen LogP) is 4.41. The summed E-state index contributed by atoms with van der Waals surface area (Å²) in [7, 11) is -2.49. The third-order valence-electron chi connectivity index (χ3n) is 5.34. The van der Waals surface area contributed by atoms with Crippen molar-refractivity contribution in [1.29, 1.82) is 0 Å². The van der Waals surface area contributed by atoms with Crippen molar-refractivity contribution < 1.29 is 22.7 Å². The predicted molar refractivity (Wildman–Crippen MR) is 144 cm³/mol. The summed E-state index contributed by atoms with van der Waals surface area (Å²) < 4.78 is 31.9. The summed E-state index contributed by atoms with van der Waals surface area (Å²) in [5.74, 6) is -0.729. The zero-order valence-corrected chi connectivity index (χ0v) is 23.9. The monoisotopic (exact) mass is 557 g/mol. The van der Waals surface area contributed by atoms with Gasteiger partial charge in [-0.3, -0.25) is 13.9 Å². The second kappa shape index (κ2) is 11.7. The number of carbonyl (C=O) groups is 2. The van der Waals surface area contributed by atoms with Crippen molar-refractivity contribution in [2.75, 3.05) is 24.2 Å². The Hall–Kier alpha value is -2.49. The molecule has 0 saturated heterocycles. The summed E-state index contributed by atoms with van der Waals surface area (Å²) in [6.07, 6.45) is 1.01. The molecule has 0 aliphatic carbocycles. The molecule has 2 rings (SSSR count). The molecule has 0 bridgehead atoms. The molecule has 36 heavy (non-hydrogen) atoms. The molecule has 0 aliphatic rings. The van der Waals surface area contributed by atoms with E-state index >= 15 is 0 Å². The van der Waals surface area contributed by atoms with Crippen LogP contribution in [0, 0.1) is 6.92 Å². The number of nitrogens with one attached hydrogen (secondary N) is 1. The highest BCUT2D eigenvalue weighted by Gasteiger charge is 2.33. The molecule has 1 N–H and O–H groups in total. The molecule has 1 atom stereocenters. The molecule has 1 unspecified atom stereocenters. The summed E-state index contributed by atoms with van der Waals surface area (Å²) in [6, 6.07) is 9.01. The van der Waals surface area contributed by atoms with E-state index in [-0.39, 0.29) is 18.0 Å². The van der Waals surface area contributed by atoms with Crippen LogP contribution in [0.1, 0.15) is 38.8 Å². The zero-order chi connectivity index (χ0) is 27.4. The highest BCUT2D eigenvalue weighted by Crippen LogP contribution is 2.32. The van der Waals surface area contributed by atoms with Crippen LogP contribution in [-0.2, 0) is 26.2 Å². The lowest BCUT2D eigenvalue weighted by atomic mass is 10.1. The Kier molecular flexibility index (Phi) is 9.67. The number of amides is 2. The number of ether oxygens (including phenoxy) is 1. The Morgan fingerprint density at radius 1 is 1.11 bits per heavy atom. The second-order valence-corrected chi connectivity index (χ2v) is 12.3. The van der Waals surface area contributed by atoms with Gasteiger partial charge in [0, 0.05) is 27.7 Å². The van der Waals surface area contributed by atoms with Crippen LogP contribution >= 0.6 is 23.2 Å². The average molecular weight is 559 g/mol. The van der Waals surface area contributed by atoms with E-state index in [0.717, 1.165) is 16.1 Å². The van der Waals surface area contributed by atoms with E-state index in [1.54, 1.807) is 50.2 Å². The first kappa shape index (κ1) is 29.7. The van der Waals surface area contributed by atoms with Gasteiger partial charge >= 0.3 is 0 Å². The summed E-state index contributed by atoms with van der Waals surface area (Å²) in [6.45, 7) is 8.18. The Labute approximate surface area is 223 Å². The standard InChI is InChI=1S/C25H33Cl2N3O5S/c1-16-11-12-22(35-6)21(13-16)30(36(7,33)34)15-23(31)29(17(2)24(32)28-25(3,4)5)14-18-19(26)9-8-10-20(18)27/h8-13,17H,14-15H2,1-7H3,(H,28,32). The van der Waals surface area contributed by atoms with Crippen LogP contribution in [0.15, 0.2) is 36.4 Å². The highest BCUT2D eigenvalue weighted by molar-refractivity contribution is 7.92. The number of aryl methyl sites for hydroxylation is 1. The number of halogens is 2. The highest BCUT2D eigenvalue weighted by atomic mass is 35.5. The van der Waals surface area contributed by atoms with Crippen LogP contribution in [0.3, 0.4) is 0 Å². The Morgan fingerprint density at radius 2 is 1.69 bits per heavy atom. The van der Waals surface area contributed by atoms with Crippen molar-refractivity contribution in [1.82, 2.24) is 10.2 Å². The van der Waals surface area contributed by atoms with Gasteiger partial charge in [0.15, 0.2) is 0 Å². The van der Waals surface area contributed by atoms with Crippen LogP contribution in [0.2, 0.25) is 10.0 Å². The number of anilines is 1. The molecular formula is C25H33Cl2N3O5S. The maximum Gasteiger partial charge on any atom is 0.244 e. The number of benzene rings is 2.